The maximum absolute atomic E-state index is 12.6. The summed E-state index contributed by atoms with van der Waals surface area (Å²) in [6.45, 7) is 1.35. The van der Waals surface area contributed by atoms with Crippen molar-refractivity contribution in [1.29, 1.82) is 0 Å². The maximum atomic E-state index is 12.6. The molecule has 1 heterocycles. The van der Waals surface area contributed by atoms with E-state index in [1.54, 1.807) is 24.3 Å². The average molecular weight is 455 g/mol. The van der Waals surface area contributed by atoms with Gasteiger partial charge in [0.2, 0.25) is 5.91 Å². The largest absolute Gasteiger partial charge is 0.497 e. The Kier molecular flexibility index (Phi) is 7.50. The summed E-state index contributed by atoms with van der Waals surface area (Å²) in [5, 5.41) is 3.70. The lowest BCUT2D eigenvalue weighted by atomic mass is 10.1. The van der Waals surface area contributed by atoms with Gasteiger partial charge in [0, 0.05) is 23.7 Å². The highest BCUT2D eigenvalue weighted by atomic mass is 16.5. The molecule has 3 rings (SSSR count). The number of anilines is 1. The lowest BCUT2D eigenvalue weighted by Gasteiger charge is -2.18. The molecule has 2 N–H and O–H groups in total. The van der Waals surface area contributed by atoms with E-state index in [4.69, 9.17) is 14.2 Å². The third-order valence-electron chi connectivity index (χ3n) is 4.96. The second kappa shape index (κ2) is 10.5. The number of carbonyl (C=O) groups excluding carboxylic acids is 4. The van der Waals surface area contributed by atoms with Gasteiger partial charge in [-0.25, -0.2) is 0 Å². The summed E-state index contributed by atoms with van der Waals surface area (Å²) in [5.41, 5.74) is 4.27. The number of amides is 3. The molecule has 1 aliphatic heterocycles. The van der Waals surface area contributed by atoms with E-state index in [-0.39, 0.29) is 18.5 Å². The SMILES string of the molecule is COc1cc(OC)cc(C(=O)NN2C[C@@H](C(=O)OCC(=O)Nc3cccc(C)c3)CC2=O)c1. The molecule has 1 saturated heterocycles. The first kappa shape index (κ1) is 23.6. The first-order valence-electron chi connectivity index (χ1n) is 10.2. The molecule has 3 amide bonds. The molecule has 0 bridgehead atoms. The second-order valence-corrected chi connectivity index (χ2v) is 7.47. The molecular weight excluding hydrogens is 430 g/mol. The van der Waals surface area contributed by atoms with Gasteiger partial charge in [-0.2, -0.15) is 0 Å². The molecule has 0 saturated carbocycles. The van der Waals surface area contributed by atoms with Crippen LogP contribution in [0.25, 0.3) is 0 Å². The second-order valence-electron chi connectivity index (χ2n) is 7.47. The minimum absolute atomic E-state index is 0.0655. The molecule has 10 nitrogen and oxygen atoms in total. The summed E-state index contributed by atoms with van der Waals surface area (Å²) >= 11 is 0. The van der Waals surface area contributed by atoms with E-state index in [2.05, 4.69) is 10.7 Å². The van der Waals surface area contributed by atoms with Gasteiger partial charge in [-0.15, -0.1) is 0 Å². The highest BCUT2D eigenvalue weighted by Crippen LogP contribution is 2.23. The smallest absolute Gasteiger partial charge is 0.311 e. The van der Waals surface area contributed by atoms with Gasteiger partial charge in [0.05, 0.1) is 26.7 Å². The fraction of sp³-hybridized carbons (Fsp3) is 0.304. The van der Waals surface area contributed by atoms with Crippen LogP contribution in [-0.2, 0) is 19.1 Å². The van der Waals surface area contributed by atoms with Crippen molar-refractivity contribution in [3.8, 4) is 11.5 Å². The zero-order valence-electron chi connectivity index (χ0n) is 18.5. The van der Waals surface area contributed by atoms with Gasteiger partial charge in [0.15, 0.2) is 6.61 Å². The Bertz CT molecular complexity index is 1050. The number of carbonyl (C=O) groups is 4. The summed E-state index contributed by atoms with van der Waals surface area (Å²) < 4.78 is 15.3. The van der Waals surface area contributed by atoms with Crippen LogP contribution in [0.15, 0.2) is 42.5 Å². The summed E-state index contributed by atoms with van der Waals surface area (Å²) in [4.78, 5) is 49.3. The lowest BCUT2D eigenvalue weighted by molar-refractivity contribution is -0.151. The molecule has 0 unspecified atom stereocenters. The van der Waals surface area contributed by atoms with E-state index >= 15 is 0 Å². The predicted octanol–water partition coefficient (Wildman–Crippen LogP) is 1.69. The van der Waals surface area contributed by atoms with Crippen LogP contribution < -0.4 is 20.2 Å². The zero-order valence-corrected chi connectivity index (χ0v) is 18.5. The summed E-state index contributed by atoms with van der Waals surface area (Å²) in [7, 11) is 2.91. The van der Waals surface area contributed by atoms with Crippen LogP contribution in [0.5, 0.6) is 11.5 Å². The van der Waals surface area contributed by atoms with E-state index in [0.717, 1.165) is 10.6 Å². The fourth-order valence-electron chi connectivity index (χ4n) is 3.27. The van der Waals surface area contributed by atoms with Crippen LogP contribution in [0.3, 0.4) is 0 Å². The Morgan fingerprint density at radius 1 is 1.06 bits per heavy atom. The van der Waals surface area contributed by atoms with E-state index in [1.165, 1.54) is 26.4 Å². The van der Waals surface area contributed by atoms with Crippen LogP contribution in [0.2, 0.25) is 0 Å². The summed E-state index contributed by atoms with van der Waals surface area (Å²) in [6.07, 6.45) is -0.139. The fourth-order valence-corrected chi connectivity index (χ4v) is 3.27. The first-order chi connectivity index (χ1) is 15.8. The monoisotopic (exact) mass is 455 g/mol. The van der Waals surface area contributed by atoms with Gasteiger partial charge < -0.3 is 19.5 Å². The average Bonchev–Trinajstić information content (AvgIpc) is 3.17. The Hall–Kier alpha value is -4.08. The van der Waals surface area contributed by atoms with Crippen molar-refractivity contribution in [2.75, 3.05) is 32.7 Å². The van der Waals surface area contributed by atoms with Crippen LogP contribution in [-0.4, -0.2) is 56.1 Å². The number of methoxy groups -OCH3 is 2. The van der Waals surface area contributed by atoms with Crippen molar-refractivity contribution in [3.05, 3.63) is 53.6 Å². The van der Waals surface area contributed by atoms with Crippen molar-refractivity contribution in [2.24, 2.45) is 5.92 Å². The minimum atomic E-state index is -0.801. The molecule has 1 atom stereocenters. The van der Waals surface area contributed by atoms with Crippen LogP contribution >= 0.6 is 0 Å². The van der Waals surface area contributed by atoms with Crippen LogP contribution in [0.1, 0.15) is 22.3 Å². The molecular formula is C23H25N3O7. The van der Waals surface area contributed by atoms with E-state index in [1.807, 2.05) is 13.0 Å². The molecule has 0 aromatic heterocycles. The molecule has 1 aliphatic rings. The van der Waals surface area contributed by atoms with Gasteiger partial charge in [-0.1, -0.05) is 12.1 Å². The molecule has 2 aromatic rings. The van der Waals surface area contributed by atoms with Gasteiger partial charge in [-0.3, -0.25) is 29.6 Å². The van der Waals surface area contributed by atoms with Gasteiger partial charge in [0.25, 0.3) is 11.8 Å². The summed E-state index contributed by atoms with van der Waals surface area (Å²) in [5.74, 6) is -2.16. The van der Waals surface area contributed by atoms with Crippen molar-refractivity contribution < 1.29 is 33.4 Å². The number of nitrogens with one attached hydrogen (secondary N) is 2. The number of nitrogens with zero attached hydrogens (tertiary/aromatic N) is 1. The summed E-state index contributed by atoms with van der Waals surface area (Å²) in [6, 6.07) is 11.8. The molecule has 1 fully saturated rings. The number of rotatable bonds is 8. The van der Waals surface area contributed by atoms with E-state index in [9.17, 15) is 19.2 Å². The van der Waals surface area contributed by atoms with Crippen molar-refractivity contribution in [3.63, 3.8) is 0 Å². The van der Waals surface area contributed by atoms with Gasteiger partial charge in [0.1, 0.15) is 11.5 Å². The molecule has 174 valence electrons. The van der Waals surface area contributed by atoms with Crippen LogP contribution in [0, 0.1) is 12.8 Å². The number of ether oxygens (including phenoxy) is 3. The quantitative estimate of drug-likeness (QED) is 0.581. The number of aryl methyl sites for hydroxylation is 1. The zero-order chi connectivity index (χ0) is 24.0. The van der Waals surface area contributed by atoms with Gasteiger partial charge >= 0.3 is 5.97 Å². The first-order valence-corrected chi connectivity index (χ1v) is 10.2. The van der Waals surface area contributed by atoms with E-state index < -0.39 is 36.2 Å². The molecule has 2 aromatic carbocycles. The number of hydrazine groups is 1. The standard InChI is InChI=1S/C23H25N3O7/c1-14-5-4-6-17(7-14)24-20(27)13-33-23(30)16-10-21(28)26(12-16)25-22(29)15-8-18(31-2)11-19(9-15)32-3/h4-9,11,16H,10,12-13H2,1-3H3,(H,24,27)(H,25,29)/t16-/m0/s1. The number of hydrogen-bond acceptors (Lipinski definition) is 7. The Morgan fingerprint density at radius 3 is 2.39 bits per heavy atom. The third kappa shape index (κ3) is 6.22. The molecule has 0 spiro atoms. The van der Waals surface area contributed by atoms with Gasteiger partial charge in [-0.05, 0) is 36.8 Å². The van der Waals surface area contributed by atoms with Crippen molar-refractivity contribution in [1.82, 2.24) is 10.4 Å². The minimum Gasteiger partial charge on any atom is -0.497 e. The molecule has 10 heteroatoms. The van der Waals surface area contributed by atoms with Crippen molar-refractivity contribution >= 4 is 29.4 Å². The lowest BCUT2D eigenvalue weighted by Crippen LogP contribution is -2.43. The number of esters is 1. The maximum Gasteiger partial charge on any atom is 0.311 e. The Labute approximate surface area is 190 Å². The topological polar surface area (TPSA) is 123 Å². The van der Waals surface area contributed by atoms with Crippen LogP contribution in [0.4, 0.5) is 5.69 Å². The van der Waals surface area contributed by atoms with E-state index in [0.29, 0.717) is 17.2 Å². The Morgan fingerprint density at radius 2 is 1.76 bits per heavy atom. The molecule has 0 aliphatic carbocycles. The third-order valence-corrected chi connectivity index (χ3v) is 4.96. The highest BCUT2D eigenvalue weighted by Gasteiger charge is 2.36. The molecule has 33 heavy (non-hydrogen) atoms. The van der Waals surface area contributed by atoms with Crippen molar-refractivity contribution in [2.45, 2.75) is 13.3 Å². The highest BCUT2D eigenvalue weighted by molar-refractivity contribution is 5.97. The predicted molar refractivity (Wildman–Crippen MR) is 118 cm³/mol. The number of hydrogen-bond donors (Lipinski definition) is 2. The number of benzene rings is 2. The molecule has 0 radical (unpaired) electrons. The Balaban J connectivity index is 1.52. The normalized spacial score (nSPS) is 15.1.